The number of carbonyl (C=O) groups excluding carboxylic acids is 1. The average Bonchev–Trinajstić information content (AvgIpc) is 3.03. The Hall–Kier alpha value is -3.20. The van der Waals surface area contributed by atoms with Gasteiger partial charge in [0.1, 0.15) is 11.3 Å². The normalized spacial score (nSPS) is 10.8. The number of aromatic nitrogens is 1. The number of nitro groups is 1. The number of fused-ring (bicyclic) bond motifs is 1. The maximum atomic E-state index is 12.4. The van der Waals surface area contributed by atoms with E-state index >= 15 is 0 Å². The maximum absolute atomic E-state index is 12.4. The summed E-state index contributed by atoms with van der Waals surface area (Å²) in [4.78, 5) is 27.3. The zero-order chi connectivity index (χ0) is 19.6. The van der Waals surface area contributed by atoms with Gasteiger partial charge < -0.3 is 9.47 Å². The van der Waals surface area contributed by atoms with Gasteiger partial charge in [0.05, 0.1) is 28.9 Å². The largest absolute Gasteiger partial charge is 0.494 e. The zero-order valence-electron chi connectivity index (χ0n) is 14.9. The lowest BCUT2D eigenvalue weighted by Crippen LogP contribution is -2.12. The van der Waals surface area contributed by atoms with Crippen LogP contribution in [0.2, 0.25) is 0 Å². The minimum absolute atomic E-state index is 0.0477. The van der Waals surface area contributed by atoms with Crippen molar-refractivity contribution in [2.45, 2.75) is 20.0 Å². The van der Waals surface area contributed by atoms with Crippen molar-refractivity contribution < 1.29 is 19.2 Å². The van der Waals surface area contributed by atoms with E-state index < -0.39 is 4.92 Å². The molecule has 3 rings (SSSR count). The molecule has 2 aromatic carbocycles. The van der Waals surface area contributed by atoms with Gasteiger partial charge in [0.15, 0.2) is 10.9 Å². The summed E-state index contributed by atoms with van der Waals surface area (Å²) >= 11 is 1.14. The number of nitrogens with one attached hydrogen (secondary N) is 1. The molecule has 1 amide bonds. The van der Waals surface area contributed by atoms with Gasteiger partial charge in [0, 0.05) is 11.6 Å². The van der Waals surface area contributed by atoms with Gasteiger partial charge in [-0.2, -0.15) is 0 Å². The van der Waals surface area contributed by atoms with Crippen molar-refractivity contribution >= 4 is 38.3 Å². The van der Waals surface area contributed by atoms with E-state index in [1.165, 1.54) is 19.2 Å². The molecule has 0 spiro atoms. The number of non-ortho nitro benzene ring substituents is 1. The van der Waals surface area contributed by atoms with Crippen molar-refractivity contribution in [3.63, 3.8) is 0 Å². The second-order valence-corrected chi connectivity index (χ2v) is 6.95. The van der Waals surface area contributed by atoms with E-state index in [9.17, 15) is 14.9 Å². The number of nitro benzene ring substituents is 1. The first kappa shape index (κ1) is 18.6. The highest BCUT2D eigenvalue weighted by molar-refractivity contribution is 7.22. The molecular weight excluding hydrogens is 370 g/mol. The molecule has 0 aliphatic rings. The smallest absolute Gasteiger partial charge is 0.274 e. The lowest BCUT2D eigenvalue weighted by atomic mass is 10.2. The van der Waals surface area contributed by atoms with Gasteiger partial charge in [-0.25, -0.2) is 4.98 Å². The number of nitrogens with zero attached hydrogens (tertiary/aromatic N) is 2. The lowest BCUT2D eigenvalue weighted by molar-refractivity contribution is -0.384. The van der Waals surface area contributed by atoms with Gasteiger partial charge in [-0.15, -0.1) is 0 Å². The van der Waals surface area contributed by atoms with Crippen LogP contribution in [0.3, 0.4) is 0 Å². The lowest BCUT2D eigenvalue weighted by Gasteiger charge is -2.09. The molecule has 0 unspecified atom stereocenters. The predicted octanol–water partition coefficient (Wildman–Crippen LogP) is 4.25. The number of ether oxygens (including phenoxy) is 2. The van der Waals surface area contributed by atoms with E-state index in [-0.39, 0.29) is 23.4 Å². The second-order valence-electron chi connectivity index (χ2n) is 5.92. The Morgan fingerprint density at radius 1 is 1.26 bits per heavy atom. The molecular formula is C18H17N3O5S. The fourth-order valence-corrected chi connectivity index (χ4v) is 3.34. The molecule has 140 valence electrons. The van der Waals surface area contributed by atoms with E-state index in [1.54, 1.807) is 24.3 Å². The van der Waals surface area contributed by atoms with E-state index in [0.717, 1.165) is 11.3 Å². The topological polar surface area (TPSA) is 104 Å². The minimum atomic E-state index is -0.499. The number of amides is 1. The van der Waals surface area contributed by atoms with Crippen LogP contribution in [0.15, 0.2) is 36.4 Å². The van der Waals surface area contributed by atoms with Crippen LogP contribution in [0.4, 0.5) is 10.8 Å². The SMILES string of the molecule is COc1cc([N+](=O)[O-])cc2sc(NC(=O)c3ccc(OC(C)C)cc3)nc12. The first-order valence-corrected chi connectivity index (χ1v) is 8.90. The number of rotatable bonds is 6. The van der Waals surface area contributed by atoms with Crippen molar-refractivity contribution in [3.05, 3.63) is 52.1 Å². The number of thiazole rings is 1. The van der Waals surface area contributed by atoms with E-state index in [2.05, 4.69) is 10.3 Å². The Balaban J connectivity index is 1.83. The van der Waals surface area contributed by atoms with Crippen LogP contribution in [0.5, 0.6) is 11.5 Å². The molecule has 3 aromatic rings. The molecule has 0 bridgehead atoms. The number of anilines is 1. The quantitative estimate of drug-likeness (QED) is 0.501. The summed E-state index contributed by atoms with van der Waals surface area (Å²) in [6, 6.07) is 9.47. The highest BCUT2D eigenvalue weighted by Crippen LogP contribution is 2.36. The molecule has 0 atom stereocenters. The average molecular weight is 387 g/mol. The summed E-state index contributed by atoms with van der Waals surface area (Å²) in [6.07, 6.45) is 0.0477. The summed E-state index contributed by atoms with van der Waals surface area (Å²) in [5.41, 5.74) is 0.814. The maximum Gasteiger partial charge on any atom is 0.274 e. The van der Waals surface area contributed by atoms with Crippen molar-refractivity contribution in [3.8, 4) is 11.5 Å². The first-order valence-electron chi connectivity index (χ1n) is 8.08. The van der Waals surface area contributed by atoms with Gasteiger partial charge in [0.25, 0.3) is 11.6 Å². The molecule has 8 nitrogen and oxygen atoms in total. The molecule has 0 fully saturated rings. The molecule has 0 saturated heterocycles. The fourth-order valence-electron chi connectivity index (χ4n) is 2.43. The Morgan fingerprint density at radius 3 is 2.56 bits per heavy atom. The third kappa shape index (κ3) is 4.14. The second kappa shape index (κ2) is 7.58. The highest BCUT2D eigenvalue weighted by Gasteiger charge is 2.17. The van der Waals surface area contributed by atoms with Crippen LogP contribution in [0, 0.1) is 10.1 Å². The van der Waals surface area contributed by atoms with Crippen LogP contribution in [0.25, 0.3) is 10.2 Å². The summed E-state index contributed by atoms with van der Waals surface area (Å²) in [5, 5.41) is 14.1. The molecule has 9 heteroatoms. The van der Waals surface area contributed by atoms with Crippen molar-refractivity contribution in [2.24, 2.45) is 0 Å². The van der Waals surface area contributed by atoms with Gasteiger partial charge in [-0.1, -0.05) is 11.3 Å². The van der Waals surface area contributed by atoms with Crippen LogP contribution in [-0.2, 0) is 0 Å². The Kier molecular flexibility index (Phi) is 5.22. The molecule has 0 aliphatic heterocycles. The molecule has 0 saturated carbocycles. The van der Waals surface area contributed by atoms with Crippen molar-refractivity contribution in [2.75, 3.05) is 12.4 Å². The fraction of sp³-hybridized carbons (Fsp3) is 0.222. The molecule has 0 radical (unpaired) electrons. The molecule has 0 aliphatic carbocycles. The molecule has 1 aromatic heterocycles. The number of carbonyl (C=O) groups is 1. The molecule has 27 heavy (non-hydrogen) atoms. The van der Waals surface area contributed by atoms with Gasteiger partial charge >= 0.3 is 0 Å². The Labute approximate surface area is 158 Å². The molecule has 1 heterocycles. The standard InChI is InChI=1S/C18H17N3O5S/c1-10(2)26-13-6-4-11(5-7-13)17(22)20-18-19-16-14(25-3)8-12(21(23)24)9-15(16)27-18/h4-10H,1-3H3,(H,19,20,22). The van der Waals surface area contributed by atoms with Crippen LogP contribution in [-0.4, -0.2) is 29.0 Å². The van der Waals surface area contributed by atoms with E-state index in [1.807, 2.05) is 13.8 Å². The molecule has 1 N–H and O–H groups in total. The summed E-state index contributed by atoms with van der Waals surface area (Å²) in [6.45, 7) is 3.85. The summed E-state index contributed by atoms with van der Waals surface area (Å²) in [7, 11) is 1.41. The minimum Gasteiger partial charge on any atom is -0.494 e. The monoisotopic (exact) mass is 387 g/mol. The summed E-state index contributed by atoms with van der Waals surface area (Å²) < 4.78 is 11.3. The predicted molar refractivity (Wildman–Crippen MR) is 103 cm³/mol. The van der Waals surface area contributed by atoms with Crippen LogP contribution in [0.1, 0.15) is 24.2 Å². The number of methoxy groups -OCH3 is 1. The van der Waals surface area contributed by atoms with Gasteiger partial charge in [0.2, 0.25) is 0 Å². The number of hydrogen-bond acceptors (Lipinski definition) is 7. The number of hydrogen-bond donors (Lipinski definition) is 1. The Bertz CT molecular complexity index is 998. The van der Waals surface area contributed by atoms with E-state index in [4.69, 9.17) is 9.47 Å². The van der Waals surface area contributed by atoms with Gasteiger partial charge in [-0.3, -0.25) is 20.2 Å². The van der Waals surface area contributed by atoms with Crippen LogP contribution >= 0.6 is 11.3 Å². The first-order chi connectivity index (χ1) is 12.9. The van der Waals surface area contributed by atoms with E-state index in [0.29, 0.717) is 26.7 Å². The Morgan fingerprint density at radius 2 is 1.96 bits per heavy atom. The number of benzene rings is 2. The third-order valence-corrected chi connectivity index (χ3v) is 4.50. The highest BCUT2D eigenvalue weighted by atomic mass is 32.1. The summed E-state index contributed by atoms with van der Waals surface area (Å²) in [5.74, 6) is 0.628. The van der Waals surface area contributed by atoms with Crippen molar-refractivity contribution in [1.82, 2.24) is 4.98 Å². The third-order valence-electron chi connectivity index (χ3n) is 3.58. The van der Waals surface area contributed by atoms with Crippen LogP contribution < -0.4 is 14.8 Å². The van der Waals surface area contributed by atoms with Crippen molar-refractivity contribution in [1.29, 1.82) is 0 Å². The zero-order valence-corrected chi connectivity index (χ0v) is 15.7. The van der Waals surface area contributed by atoms with Gasteiger partial charge in [-0.05, 0) is 38.1 Å².